The molecule has 16 heavy (non-hydrogen) atoms. The van der Waals surface area contributed by atoms with E-state index in [0.29, 0.717) is 11.3 Å². The van der Waals surface area contributed by atoms with Gasteiger partial charge in [-0.2, -0.15) is 0 Å². The summed E-state index contributed by atoms with van der Waals surface area (Å²) in [6.45, 7) is 5.62. The largest absolute Gasteiger partial charge is 0.288 e. The molecule has 82 valence electrons. The molecule has 1 nitrogen and oxygen atoms in total. The van der Waals surface area contributed by atoms with E-state index in [1.807, 2.05) is 0 Å². The third-order valence-electron chi connectivity index (χ3n) is 3.94. The lowest BCUT2D eigenvalue weighted by molar-refractivity contribution is 0.419. The highest BCUT2D eigenvalue weighted by Crippen LogP contribution is 2.51. The Kier molecular flexibility index (Phi) is 2.03. The average Bonchev–Trinajstić information content (AvgIpc) is 2.84. The van der Waals surface area contributed by atoms with Gasteiger partial charge in [-0.1, -0.05) is 44.2 Å². The molecule has 0 N–H and O–H groups in total. The smallest absolute Gasteiger partial charge is 0.0611 e. The van der Waals surface area contributed by atoms with Gasteiger partial charge in [-0.3, -0.25) is 4.99 Å². The number of aliphatic imine (C=N–C) groups is 1. The molecule has 1 aromatic rings. The summed E-state index contributed by atoms with van der Waals surface area (Å²) in [7, 11) is 0. The molecule has 1 heteroatoms. The third-order valence-corrected chi connectivity index (χ3v) is 3.94. The maximum Gasteiger partial charge on any atom is 0.0611 e. The van der Waals surface area contributed by atoms with Gasteiger partial charge in [-0.25, -0.2) is 0 Å². The van der Waals surface area contributed by atoms with E-state index in [4.69, 9.17) is 0 Å². The van der Waals surface area contributed by atoms with Crippen molar-refractivity contribution in [2.45, 2.75) is 26.2 Å². The van der Waals surface area contributed by atoms with Crippen LogP contribution in [-0.4, -0.2) is 12.8 Å². The summed E-state index contributed by atoms with van der Waals surface area (Å²) in [4.78, 5) is 4.44. The van der Waals surface area contributed by atoms with Crippen LogP contribution in [0.25, 0.3) is 0 Å². The van der Waals surface area contributed by atoms with Crippen LogP contribution in [0.15, 0.2) is 46.5 Å². The van der Waals surface area contributed by atoms with Gasteiger partial charge >= 0.3 is 0 Å². The Bertz CT molecular complexity index is 465. The van der Waals surface area contributed by atoms with Crippen molar-refractivity contribution in [1.29, 1.82) is 0 Å². The molecule has 1 heterocycles. The van der Waals surface area contributed by atoms with E-state index in [9.17, 15) is 0 Å². The Labute approximate surface area is 96.9 Å². The SMILES string of the molecule is CC1(C)CC(c2ccccc2)C2=C1CN=C2. The van der Waals surface area contributed by atoms with Gasteiger partial charge in [0.1, 0.15) is 0 Å². The number of nitrogens with zero attached hydrogens (tertiary/aromatic N) is 1. The molecular weight excluding hydrogens is 194 g/mol. The minimum atomic E-state index is 0.326. The highest BCUT2D eigenvalue weighted by atomic mass is 14.8. The maximum absolute atomic E-state index is 4.44. The van der Waals surface area contributed by atoms with Crippen molar-refractivity contribution in [1.82, 2.24) is 0 Å². The van der Waals surface area contributed by atoms with Crippen molar-refractivity contribution in [2.75, 3.05) is 6.54 Å². The first-order valence-corrected chi connectivity index (χ1v) is 5.97. The zero-order chi connectivity index (χ0) is 11.2. The Morgan fingerprint density at radius 2 is 1.94 bits per heavy atom. The molecule has 1 aliphatic heterocycles. The van der Waals surface area contributed by atoms with Gasteiger partial charge < -0.3 is 0 Å². The number of hydrogen-bond acceptors (Lipinski definition) is 1. The van der Waals surface area contributed by atoms with Crippen molar-refractivity contribution in [3.8, 4) is 0 Å². The maximum atomic E-state index is 4.44. The molecule has 0 saturated carbocycles. The molecular formula is C15H17N. The highest BCUT2D eigenvalue weighted by Gasteiger charge is 2.40. The van der Waals surface area contributed by atoms with E-state index in [0.717, 1.165) is 6.54 Å². The molecule has 2 aliphatic rings. The molecule has 0 spiro atoms. The number of allylic oxidation sites excluding steroid dienone is 1. The normalized spacial score (nSPS) is 26.2. The Balaban J connectivity index is 2.04. The number of rotatable bonds is 1. The van der Waals surface area contributed by atoms with E-state index >= 15 is 0 Å². The molecule has 0 saturated heterocycles. The second kappa shape index (κ2) is 3.31. The third kappa shape index (κ3) is 1.35. The van der Waals surface area contributed by atoms with Crippen LogP contribution in [0.2, 0.25) is 0 Å². The lowest BCUT2D eigenvalue weighted by Gasteiger charge is -2.22. The fourth-order valence-corrected chi connectivity index (χ4v) is 3.04. The molecule has 0 fully saturated rings. The van der Waals surface area contributed by atoms with E-state index < -0.39 is 0 Å². The standard InChI is InChI=1S/C15H17N/c1-15(2)8-12(11-6-4-3-5-7-11)13-9-16-10-14(13)15/h3-7,9,12H,8,10H2,1-2H3. The average molecular weight is 211 g/mol. The summed E-state index contributed by atoms with van der Waals surface area (Å²) >= 11 is 0. The van der Waals surface area contributed by atoms with Crippen molar-refractivity contribution in [2.24, 2.45) is 10.4 Å². The molecule has 0 amide bonds. The summed E-state index contributed by atoms with van der Waals surface area (Å²) in [5.74, 6) is 0.567. The molecule has 1 aromatic carbocycles. The Morgan fingerprint density at radius 1 is 1.19 bits per heavy atom. The number of hydrogen-bond donors (Lipinski definition) is 0. The predicted molar refractivity (Wildman–Crippen MR) is 68.0 cm³/mol. The van der Waals surface area contributed by atoms with Gasteiger partial charge in [0.15, 0.2) is 0 Å². The minimum absolute atomic E-state index is 0.326. The van der Waals surface area contributed by atoms with E-state index in [-0.39, 0.29) is 0 Å². The second-order valence-corrected chi connectivity index (χ2v) is 5.45. The molecule has 1 atom stereocenters. The highest BCUT2D eigenvalue weighted by molar-refractivity contribution is 5.86. The van der Waals surface area contributed by atoms with Crippen LogP contribution >= 0.6 is 0 Å². The molecule has 3 rings (SSSR count). The van der Waals surface area contributed by atoms with Crippen LogP contribution in [0.5, 0.6) is 0 Å². The lowest BCUT2D eigenvalue weighted by atomic mass is 9.83. The van der Waals surface area contributed by atoms with Crippen LogP contribution in [0.3, 0.4) is 0 Å². The first kappa shape index (κ1) is 9.83. The topological polar surface area (TPSA) is 12.4 Å². The fourth-order valence-electron chi connectivity index (χ4n) is 3.04. The summed E-state index contributed by atoms with van der Waals surface area (Å²) in [5.41, 5.74) is 4.80. The first-order valence-electron chi connectivity index (χ1n) is 5.97. The van der Waals surface area contributed by atoms with Crippen molar-refractivity contribution in [3.05, 3.63) is 47.0 Å². The molecule has 0 radical (unpaired) electrons. The van der Waals surface area contributed by atoms with Gasteiger partial charge in [0.2, 0.25) is 0 Å². The van der Waals surface area contributed by atoms with Crippen LogP contribution < -0.4 is 0 Å². The Morgan fingerprint density at radius 3 is 2.69 bits per heavy atom. The van der Waals surface area contributed by atoms with E-state index in [1.165, 1.54) is 17.6 Å². The second-order valence-electron chi connectivity index (χ2n) is 5.45. The molecule has 0 aromatic heterocycles. The lowest BCUT2D eigenvalue weighted by Crippen LogP contribution is -2.12. The van der Waals surface area contributed by atoms with E-state index in [1.54, 1.807) is 5.57 Å². The number of benzene rings is 1. The molecule has 1 unspecified atom stereocenters. The summed E-state index contributed by atoms with van der Waals surface area (Å²) in [6, 6.07) is 10.8. The van der Waals surface area contributed by atoms with Gasteiger partial charge in [0.25, 0.3) is 0 Å². The first-order chi connectivity index (χ1) is 7.68. The summed E-state index contributed by atoms with van der Waals surface area (Å²) < 4.78 is 0. The minimum Gasteiger partial charge on any atom is -0.288 e. The quantitative estimate of drug-likeness (QED) is 0.673. The Hall–Kier alpha value is -1.37. The van der Waals surface area contributed by atoms with E-state index in [2.05, 4.69) is 55.4 Å². The van der Waals surface area contributed by atoms with Crippen molar-refractivity contribution >= 4 is 6.21 Å². The monoisotopic (exact) mass is 211 g/mol. The summed E-state index contributed by atoms with van der Waals surface area (Å²) in [6.07, 6.45) is 3.33. The van der Waals surface area contributed by atoms with Gasteiger partial charge in [0.05, 0.1) is 6.54 Å². The molecule has 1 aliphatic carbocycles. The molecule has 0 bridgehead atoms. The van der Waals surface area contributed by atoms with Gasteiger partial charge in [-0.05, 0) is 28.5 Å². The van der Waals surface area contributed by atoms with Crippen molar-refractivity contribution in [3.63, 3.8) is 0 Å². The van der Waals surface area contributed by atoms with Crippen LogP contribution in [-0.2, 0) is 0 Å². The predicted octanol–water partition coefficient (Wildman–Crippen LogP) is 3.58. The zero-order valence-corrected chi connectivity index (χ0v) is 9.90. The fraction of sp³-hybridized carbons (Fsp3) is 0.400. The van der Waals surface area contributed by atoms with Crippen LogP contribution in [0.1, 0.15) is 31.7 Å². The van der Waals surface area contributed by atoms with Crippen molar-refractivity contribution < 1.29 is 0 Å². The van der Waals surface area contributed by atoms with Crippen LogP contribution in [0.4, 0.5) is 0 Å². The van der Waals surface area contributed by atoms with Gasteiger partial charge in [0, 0.05) is 12.1 Å². The van der Waals surface area contributed by atoms with Gasteiger partial charge in [-0.15, -0.1) is 0 Å². The van der Waals surface area contributed by atoms with Crippen LogP contribution in [0, 0.1) is 5.41 Å². The summed E-state index contributed by atoms with van der Waals surface area (Å²) in [5, 5.41) is 0. The zero-order valence-electron chi connectivity index (χ0n) is 9.90.